The Morgan fingerprint density at radius 2 is 1.82 bits per heavy atom. The molecule has 0 aliphatic rings. The van der Waals surface area contributed by atoms with Crippen LogP contribution in [0.1, 0.15) is 5.56 Å². The summed E-state index contributed by atoms with van der Waals surface area (Å²) in [7, 11) is 1.54. The highest BCUT2D eigenvalue weighted by molar-refractivity contribution is 8.00. The van der Waals surface area contributed by atoms with E-state index in [4.69, 9.17) is 15.2 Å². The second-order valence-electron chi connectivity index (χ2n) is 5.48. The van der Waals surface area contributed by atoms with E-state index in [-0.39, 0.29) is 5.75 Å². The van der Waals surface area contributed by atoms with E-state index in [9.17, 15) is 14.4 Å². The number of hydrogen-bond acceptors (Lipinski definition) is 6. The second-order valence-corrected chi connectivity index (χ2v) is 6.50. The Morgan fingerprint density at radius 3 is 2.57 bits per heavy atom. The molecule has 0 saturated carbocycles. The van der Waals surface area contributed by atoms with Gasteiger partial charge in [-0.05, 0) is 24.3 Å². The van der Waals surface area contributed by atoms with Crippen LogP contribution in [-0.2, 0) is 19.1 Å². The zero-order chi connectivity index (χ0) is 20.4. The molecular formula is C20H20N2O5S. The van der Waals surface area contributed by atoms with Gasteiger partial charge in [-0.2, -0.15) is 0 Å². The maximum absolute atomic E-state index is 12.0. The molecule has 0 aromatic heterocycles. The fourth-order valence-corrected chi connectivity index (χ4v) is 2.92. The first kappa shape index (κ1) is 21.0. The predicted octanol–water partition coefficient (Wildman–Crippen LogP) is 2.47. The Kier molecular flexibility index (Phi) is 8.11. The Balaban J connectivity index is 1.88. The van der Waals surface area contributed by atoms with Crippen molar-refractivity contribution in [1.82, 2.24) is 0 Å². The van der Waals surface area contributed by atoms with Gasteiger partial charge in [-0.3, -0.25) is 9.59 Å². The summed E-state index contributed by atoms with van der Waals surface area (Å²) < 4.78 is 10.1. The molecule has 2 aromatic carbocycles. The normalized spacial score (nSPS) is 10.5. The Bertz CT molecular complexity index is 882. The summed E-state index contributed by atoms with van der Waals surface area (Å²) in [4.78, 5) is 35.5. The van der Waals surface area contributed by atoms with Crippen molar-refractivity contribution in [3.8, 4) is 5.75 Å². The first-order valence-corrected chi connectivity index (χ1v) is 9.26. The Morgan fingerprint density at radius 1 is 1.11 bits per heavy atom. The lowest BCUT2D eigenvalue weighted by atomic mass is 10.2. The summed E-state index contributed by atoms with van der Waals surface area (Å²) in [6, 6.07) is 14.2. The monoisotopic (exact) mass is 400 g/mol. The molecule has 2 rings (SSSR count). The molecule has 2 amide bonds. The van der Waals surface area contributed by atoms with Crippen molar-refractivity contribution < 1.29 is 23.9 Å². The number of methoxy groups -OCH3 is 1. The summed E-state index contributed by atoms with van der Waals surface area (Å²) in [5, 5.41) is 2.65. The van der Waals surface area contributed by atoms with Gasteiger partial charge in [0.25, 0.3) is 5.91 Å². The van der Waals surface area contributed by atoms with E-state index < -0.39 is 24.4 Å². The summed E-state index contributed by atoms with van der Waals surface area (Å²) in [5.74, 6) is -0.893. The van der Waals surface area contributed by atoms with Crippen LogP contribution in [0.5, 0.6) is 5.75 Å². The van der Waals surface area contributed by atoms with E-state index in [1.54, 1.807) is 42.5 Å². The maximum atomic E-state index is 12.0. The molecule has 3 N–H and O–H groups in total. The van der Waals surface area contributed by atoms with Crippen molar-refractivity contribution in [2.24, 2.45) is 5.73 Å². The smallest absolute Gasteiger partial charge is 0.331 e. The van der Waals surface area contributed by atoms with Gasteiger partial charge in [-0.1, -0.05) is 30.3 Å². The first-order valence-electron chi connectivity index (χ1n) is 8.27. The fraction of sp³-hybridized carbons (Fsp3) is 0.150. The minimum Gasteiger partial charge on any atom is -0.496 e. The minimum absolute atomic E-state index is 0.0929. The van der Waals surface area contributed by atoms with Crippen LogP contribution in [0.4, 0.5) is 5.69 Å². The highest BCUT2D eigenvalue weighted by Crippen LogP contribution is 2.26. The molecule has 0 fully saturated rings. The summed E-state index contributed by atoms with van der Waals surface area (Å²) in [5.41, 5.74) is 6.37. The average Bonchev–Trinajstić information content (AvgIpc) is 2.70. The quantitative estimate of drug-likeness (QED) is 0.380. The van der Waals surface area contributed by atoms with E-state index in [1.165, 1.54) is 24.9 Å². The highest BCUT2D eigenvalue weighted by atomic mass is 32.2. The second kappa shape index (κ2) is 10.8. The van der Waals surface area contributed by atoms with Crippen molar-refractivity contribution in [2.45, 2.75) is 4.90 Å². The molecule has 0 spiro atoms. The van der Waals surface area contributed by atoms with Gasteiger partial charge >= 0.3 is 5.97 Å². The van der Waals surface area contributed by atoms with E-state index in [0.717, 1.165) is 0 Å². The van der Waals surface area contributed by atoms with Crippen LogP contribution in [-0.4, -0.2) is 37.3 Å². The van der Waals surface area contributed by atoms with E-state index in [0.29, 0.717) is 21.9 Å². The zero-order valence-electron chi connectivity index (χ0n) is 15.2. The first-order chi connectivity index (χ1) is 13.5. The van der Waals surface area contributed by atoms with Crippen molar-refractivity contribution in [3.05, 3.63) is 60.2 Å². The van der Waals surface area contributed by atoms with E-state index in [2.05, 4.69) is 5.32 Å². The molecule has 0 aliphatic carbocycles. The molecule has 0 heterocycles. The third kappa shape index (κ3) is 6.81. The Labute approximate surface area is 166 Å². The van der Waals surface area contributed by atoms with Gasteiger partial charge in [0, 0.05) is 16.5 Å². The molecule has 28 heavy (non-hydrogen) atoms. The molecule has 0 radical (unpaired) electrons. The summed E-state index contributed by atoms with van der Waals surface area (Å²) in [6.07, 6.45) is 2.77. The van der Waals surface area contributed by atoms with E-state index in [1.807, 2.05) is 12.1 Å². The minimum atomic E-state index is -0.655. The lowest BCUT2D eigenvalue weighted by molar-refractivity contribution is -0.142. The van der Waals surface area contributed by atoms with Crippen LogP contribution in [0.2, 0.25) is 0 Å². The number of thioether (sulfide) groups is 1. The van der Waals surface area contributed by atoms with E-state index >= 15 is 0 Å². The SMILES string of the molecule is COc1ccccc1/C=C/C(=O)OCC(=O)Nc1ccccc1SCC(N)=O. The van der Waals surface area contributed by atoms with Gasteiger partial charge in [0.2, 0.25) is 5.91 Å². The van der Waals surface area contributed by atoms with Crippen LogP contribution in [0.15, 0.2) is 59.5 Å². The number of anilines is 1. The van der Waals surface area contributed by atoms with Crippen LogP contribution in [0.25, 0.3) is 6.08 Å². The van der Waals surface area contributed by atoms with Gasteiger partial charge < -0.3 is 20.5 Å². The molecule has 0 unspecified atom stereocenters. The third-order valence-electron chi connectivity index (χ3n) is 3.41. The van der Waals surface area contributed by atoms with Crippen molar-refractivity contribution in [1.29, 1.82) is 0 Å². The van der Waals surface area contributed by atoms with Gasteiger partial charge in [0.1, 0.15) is 5.75 Å². The molecule has 8 heteroatoms. The molecular weight excluding hydrogens is 380 g/mol. The number of para-hydroxylation sites is 2. The highest BCUT2D eigenvalue weighted by Gasteiger charge is 2.10. The largest absolute Gasteiger partial charge is 0.496 e. The number of nitrogens with two attached hydrogens (primary N) is 1. The van der Waals surface area contributed by atoms with Crippen LogP contribution < -0.4 is 15.8 Å². The van der Waals surface area contributed by atoms with Crippen LogP contribution in [0.3, 0.4) is 0 Å². The standard InChI is InChI=1S/C20H20N2O5S/c1-26-16-8-4-2-6-14(16)10-11-20(25)27-12-19(24)22-15-7-3-5-9-17(15)28-13-18(21)23/h2-11H,12-13H2,1H3,(H2,21,23)(H,22,24)/b11-10+. The topological polar surface area (TPSA) is 108 Å². The molecule has 0 bridgehead atoms. The Hall–Kier alpha value is -3.26. The molecule has 0 atom stereocenters. The summed E-state index contributed by atoms with van der Waals surface area (Å²) >= 11 is 1.21. The van der Waals surface area contributed by atoms with Crippen molar-refractivity contribution >= 4 is 41.3 Å². The third-order valence-corrected chi connectivity index (χ3v) is 4.51. The van der Waals surface area contributed by atoms with Crippen LogP contribution in [0, 0.1) is 0 Å². The van der Waals surface area contributed by atoms with Crippen LogP contribution >= 0.6 is 11.8 Å². The molecule has 0 saturated heterocycles. The number of esters is 1. The molecule has 146 valence electrons. The fourth-order valence-electron chi connectivity index (χ4n) is 2.18. The number of ether oxygens (including phenoxy) is 2. The average molecular weight is 400 g/mol. The lowest BCUT2D eigenvalue weighted by Gasteiger charge is -2.10. The number of nitrogens with one attached hydrogen (secondary N) is 1. The van der Waals surface area contributed by atoms with Crippen molar-refractivity contribution in [3.63, 3.8) is 0 Å². The number of primary amides is 1. The number of hydrogen-bond donors (Lipinski definition) is 2. The van der Waals surface area contributed by atoms with Gasteiger partial charge in [0.05, 0.1) is 18.6 Å². The maximum Gasteiger partial charge on any atom is 0.331 e. The number of rotatable bonds is 9. The molecule has 2 aromatic rings. The number of benzene rings is 2. The predicted molar refractivity (Wildman–Crippen MR) is 108 cm³/mol. The molecule has 7 nitrogen and oxygen atoms in total. The number of carbonyl (C=O) groups is 3. The van der Waals surface area contributed by atoms with Gasteiger partial charge in [-0.25, -0.2) is 4.79 Å². The van der Waals surface area contributed by atoms with Gasteiger partial charge in [0.15, 0.2) is 6.61 Å². The lowest BCUT2D eigenvalue weighted by Crippen LogP contribution is -2.20. The number of carbonyl (C=O) groups excluding carboxylic acids is 3. The number of amides is 2. The summed E-state index contributed by atoms with van der Waals surface area (Å²) in [6.45, 7) is -0.441. The zero-order valence-corrected chi connectivity index (χ0v) is 16.0. The van der Waals surface area contributed by atoms with Crippen molar-refractivity contribution in [2.75, 3.05) is 24.8 Å². The molecule has 0 aliphatic heterocycles. The van der Waals surface area contributed by atoms with Gasteiger partial charge in [-0.15, -0.1) is 11.8 Å².